The topological polar surface area (TPSA) is 72.2 Å². The summed E-state index contributed by atoms with van der Waals surface area (Å²) in [7, 11) is 0. The van der Waals surface area contributed by atoms with Gasteiger partial charge in [-0.25, -0.2) is 0 Å². The number of primary amides is 1. The lowest BCUT2D eigenvalue weighted by molar-refractivity contribution is -0.126. The van der Waals surface area contributed by atoms with Crippen LogP contribution in [0, 0.1) is 13.8 Å². The molecule has 0 radical (unpaired) electrons. The quantitative estimate of drug-likeness (QED) is 0.810. The number of hydrogen-bond donors (Lipinski definition) is 2. The van der Waals surface area contributed by atoms with Gasteiger partial charge < -0.3 is 11.1 Å². The summed E-state index contributed by atoms with van der Waals surface area (Å²) >= 11 is 0. The highest BCUT2D eigenvalue weighted by atomic mass is 16.2. The maximum absolute atomic E-state index is 11.3. The van der Waals surface area contributed by atoms with Gasteiger partial charge in [-0.1, -0.05) is 18.2 Å². The zero-order chi connectivity index (χ0) is 13.0. The Kier molecular flexibility index (Phi) is 4.26. The van der Waals surface area contributed by atoms with Gasteiger partial charge in [-0.3, -0.25) is 9.59 Å². The fraction of sp³-hybridized carbons (Fsp3) is 0.385. The number of aryl methyl sites for hydroxylation is 2. The molecule has 1 aromatic carbocycles. The predicted molar refractivity (Wildman–Crippen MR) is 66.4 cm³/mol. The van der Waals surface area contributed by atoms with Gasteiger partial charge in [0, 0.05) is 13.3 Å². The van der Waals surface area contributed by atoms with E-state index in [4.69, 9.17) is 5.73 Å². The first-order valence-corrected chi connectivity index (χ1v) is 5.53. The zero-order valence-corrected chi connectivity index (χ0v) is 10.4. The van der Waals surface area contributed by atoms with E-state index in [1.807, 2.05) is 32.0 Å². The average molecular weight is 234 g/mol. The molecule has 0 aliphatic rings. The van der Waals surface area contributed by atoms with Gasteiger partial charge in [0.15, 0.2) is 0 Å². The summed E-state index contributed by atoms with van der Waals surface area (Å²) in [5.74, 6) is -0.761. The highest BCUT2D eigenvalue weighted by Crippen LogP contribution is 2.15. The minimum Gasteiger partial charge on any atom is -0.368 e. The van der Waals surface area contributed by atoms with Crippen molar-refractivity contribution < 1.29 is 9.59 Å². The van der Waals surface area contributed by atoms with E-state index in [1.54, 1.807) is 0 Å². The van der Waals surface area contributed by atoms with Crippen LogP contribution in [0.3, 0.4) is 0 Å². The molecule has 2 amide bonds. The number of nitrogens with one attached hydrogen (secondary N) is 1. The number of amides is 2. The molecule has 0 aliphatic heterocycles. The Hall–Kier alpha value is -1.84. The van der Waals surface area contributed by atoms with E-state index in [2.05, 4.69) is 5.32 Å². The van der Waals surface area contributed by atoms with Crippen molar-refractivity contribution >= 4 is 11.8 Å². The molecule has 0 spiro atoms. The molecule has 92 valence electrons. The second-order valence-corrected chi connectivity index (χ2v) is 4.23. The molecular formula is C13H18N2O2. The highest BCUT2D eigenvalue weighted by molar-refractivity contribution is 5.85. The van der Waals surface area contributed by atoms with E-state index in [-0.39, 0.29) is 5.91 Å². The van der Waals surface area contributed by atoms with Crippen molar-refractivity contribution in [1.82, 2.24) is 5.32 Å². The van der Waals surface area contributed by atoms with E-state index in [1.165, 1.54) is 6.92 Å². The minimum atomic E-state index is -0.646. The van der Waals surface area contributed by atoms with Gasteiger partial charge >= 0.3 is 0 Å². The van der Waals surface area contributed by atoms with Crippen molar-refractivity contribution in [2.24, 2.45) is 5.73 Å². The van der Waals surface area contributed by atoms with Gasteiger partial charge in [-0.2, -0.15) is 0 Å². The zero-order valence-electron chi connectivity index (χ0n) is 10.4. The number of rotatable bonds is 4. The van der Waals surface area contributed by atoms with E-state index in [9.17, 15) is 9.59 Å². The van der Waals surface area contributed by atoms with Gasteiger partial charge in [0.1, 0.15) is 6.04 Å². The van der Waals surface area contributed by atoms with E-state index in [0.29, 0.717) is 6.42 Å². The van der Waals surface area contributed by atoms with Crippen LogP contribution in [0.4, 0.5) is 0 Å². The monoisotopic (exact) mass is 234 g/mol. The maximum Gasteiger partial charge on any atom is 0.240 e. The third-order valence-corrected chi connectivity index (χ3v) is 2.77. The Balaban J connectivity index is 2.93. The summed E-state index contributed by atoms with van der Waals surface area (Å²) in [4.78, 5) is 22.3. The van der Waals surface area contributed by atoms with Crippen LogP contribution in [0.25, 0.3) is 0 Å². The Morgan fingerprint density at radius 3 is 2.24 bits per heavy atom. The van der Waals surface area contributed by atoms with Crippen LogP contribution in [0.2, 0.25) is 0 Å². The summed E-state index contributed by atoms with van der Waals surface area (Å²) in [6.45, 7) is 5.34. The van der Waals surface area contributed by atoms with Crippen LogP contribution in [0.5, 0.6) is 0 Å². The first-order chi connectivity index (χ1) is 7.91. The highest BCUT2D eigenvalue weighted by Gasteiger charge is 2.18. The molecule has 0 saturated heterocycles. The molecule has 4 nitrogen and oxygen atoms in total. The number of carbonyl (C=O) groups excluding carboxylic acids is 2. The predicted octanol–water partition coefficient (Wildman–Crippen LogP) is 0.836. The van der Waals surface area contributed by atoms with Gasteiger partial charge in [-0.15, -0.1) is 0 Å². The maximum atomic E-state index is 11.3. The first-order valence-electron chi connectivity index (χ1n) is 5.53. The van der Waals surface area contributed by atoms with Gasteiger partial charge in [0.2, 0.25) is 11.8 Å². The molecule has 4 heteroatoms. The van der Waals surface area contributed by atoms with E-state index in [0.717, 1.165) is 16.7 Å². The van der Waals surface area contributed by atoms with Crippen LogP contribution in [-0.2, 0) is 16.0 Å². The van der Waals surface area contributed by atoms with E-state index < -0.39 is 11.9 Å². The lowest BCUT2D eigenvalue weighted by Gasteiger charge is -2.17. The van der Waals surface area contributed by atoms with Crippen LogP contribution in [-0.4, -0.2) is 17.9 Å². The van der Waals surface area contributed by atoms with Crippen LogP contribution in [0.15, 0.2) is 18.2 Å². The molecule has 1 atom stereocenters. The molecule has 1 aromatic rings. The van der Waals surface area contributed by atoms with Crippen molar-refractivity contribution in [3.63, 3.8) is 0 Å². The number of benzene rings is 1. The van der Waals surface area contributed by atoms with Crippen molar-refractivity contribution in [3.05, 3.63) is 34.9 Å². The second kappa shape index (κ2) is 5.48. The Labute approximate surface area is 101 Å². The molecule has 1 rings (SSSR count). The average Bonchev–Trinajstić information content (AvgIpc) is 2.21. The summed E-state index contributed by atoms with van der Waals surface area (Å²) in [5.41, 5.74) is 8.54. The minimum absolute atomic E-state index is 0.250. The normalized spacial score (nSPS) is 11.9. The van der Waals surface area contributed by atoms with Crippen molar-refractivity contribution in [2.45, 2.75) is 33.2 Å². The van der Waals surface area contributed by atoms with Crippen molar-refractivity contribution in [2.75, 3.05) is 0 Å². The lowest BCUT2D eigenvalue weighted by atomic mass is 9.96. The van der Waals surface area contributed by atoms with Crippen molar-refractivity contribution in [1.29, 1.82) is 0 Å². The van der Waals surface area contributed by atoms with Gasteiger partial charge in [0.25, 0.3) is 0 Å². The van der Waals surface area contributed by atoms with E-state index >= 15 is 0 Å². The molecular weight excluding hydrogens is 216 g/mol. The summed E-state index contributed by atoms with van der Waals surface area (Å²) in [6.07, 6.45) is 0.438. The molecule has 0 heterocycles. The Bertz CT molecular complexity index is 421. The molecule has 0 aliphatic carbocycles. The molecule has 0 bridgehead atoms. The number of nitrogens with two attached hydrogens (primary N) is 1. The smallest absolute Gasteiger partial charge is 0.240 e. The standard InChI is InChI=1S/C13H18N2O2/c1-8-5-4-6-9(2)11(8)7-12(13(14)17)15-10(3)16/h4-6,12H,7H2,1-3H3,(H2,14,17)(H,15,16)/t12-/m0/s1. The Morgan fingerprint density at radius 1 is 1.29 bits per heavy atom. The molecule has 3 N–H and O–H groups in total. The molecule has 0 saturated carbocycles. The third-order valence-electron chi connectivity index (χ3n) is 2.77. The van der Waals surface area contributed by atoms with Crippen LogP contribution >= 0.6 is 0 Å². The molecule has 0 aromatic heterocycles. The summed E-state index contributed by atoms with van der Waals surface area (Å²) in [5, 5.41) is 2.57. The second-order valence-electron chi connectivity index (χ2n) is 4.23. The third kappa shape index (κ3) is 3.59. The SMILES string of the molecule is CC(=O)N[C@@H](Cc1c(C)cccc1C)C(N)=O. The van der Waals surface area contributed by atoms with Crippen LogP contribution in [0.1, 0.15) is 23.6 Å². The number of carbonyl (C=O) groups is 2. The summed E-state index contributed by atoms with van der Waals surface area (Å²) < 4.78 is 0. The summed E-state index contributed by atoms with van der Waals surface area (Å²) in [6, 6.07) is 5.28. The molecule has 0 fully saturated rings. The fourth-order valence-electron chi connectivity index (χ4n) is 1.84. The lowest BCUT2D eigenvalue weighted by Crippen LogP contribution is -2.45. The largest absolute Gasteiger partial charge is 0.368 e. The molecule has 0 unspecified atom stereocenters. The first kappa shape index (κ1) is 13.2. The number of hydrogen-bond acceptors (Lipinski definition) is 2. The fourth-order valence-corrected chi connectivity index (χ4v) is 1.84. The van der Waals surface area contributed by atoms with Crippen molar-refractivity contribution in [3.8, 4) is 0 Å². The van der Waals surface area contributed by atoms with Gasteiger partial charge in [0.05, 0.1) is 0 Å². The Morgan fingerprint density at radius 2 is 1.82 bits per heavy atom. The molecule has 17 heavy (non-hydrogen) atoms. The van der Waals surface area contributed by atoms with Crippen LogP contribution < -0.4 is 11.1 Å². The van der Waals surface area contributed by atoms with Gasteiger partial charge in [-0.05, 0) is 30.5 Å².